The summed E-state index contributed by atoms with van der Waals surface area (Å²) < 4.78 is 12.5. The zero-order valence-corrected chi connectivity index (χ0v) is 16.4. The average molecular weight is 381 g/mol. The van der Waals surface area contributed by atoms with Gasteiger partial charge in [0.25, 0.3) is 0 Å². The number of hydrogen-bond acceptors (Lipinski definition) is 6. The molecule has 3 aromatic rings. The first-order valence-corrected chi connectivity index (χ1v) is 9.22. The van der Waals surface area contributed by atoms with Crippen LogP contribution in [0.2, 0.25) is 0 Å². The molecule has 1 aromatic carbocycles. The van der Waals surface area contributed by atoms with E-state index in [9.17, 15) is 9.59 Å². The van der Waals surface area contributed by atoms with Gasteiger partial charge in [0.05, 0.1) is 18.4 Å². The number of carbonyl (C=O) groups is 2. The summed E-state index contributed by atoms with van der Waals surface area (Å²) in [7, 11) is 0. The number of Topliss-reactive ketones (excluding diaryl/α,β-unsaturated/α-hetero) is 1. The van der Waals surface area contributed by atoms with E-state index >= 15 is 0 Å². The molecular weight excluding hydrogens is 358 g/mol. The second-order valence-electron chi connectivity index (χ2n) is 6.69. The molecule has 0 saturated heterocycles. The SMILES string of the molecule is CCOc1ccc(C(=O)[C@@H](C)OC(=O)c2cnc3c(cnn3C(C)C)c2)cc1. The molecule has 0 fully saturated rings. The lowest BCUT2D eigenvalue weighted by Gasteiger charge is -2.13. The molecule has 0 bridgehead atoms. The molecule has 0 amide bonds. The van der Waals surface area contributed by atoms with Crippen molar-refractivity contribution in [1.29, 1.82) is 0 Å². The zero-order valence-electron chi connectivity index (χ0n) is 16.4. The number of fused-ring (bicyclic) bond motifs is 1. The Hall–Kier alpha value is -3.22. The van der Waals surface area contributed by atoms with Gasteiger partial charge < -0.3 is 9.47 Å². The van der Waals surface area contributed by atoms with Crippen molar-refractivity contribution in [2.75, 3.05) is 6.61 Å². The maximum absolute atomic E-state index is 12.5. The third kappa shape index (κ3) is 4.03. The lowest BCUT2D eigenvalue weighted by atomic mass is 10.1. The van der Waals surface area contributed by atoms with Gasteiger partial charge in [-0.15, -0.1) is 0 Å². The number of carbonyl (C=O) groups excluding carboxylic acids is 2. The number of benzene rings is 1. The maximum Gasteiger partial charge on any atom is 0.340 e. The number of rotatable bonds is 7. The highest BCUT2D eigenvalue weighted by Crippen LogP contribution is 2.18. The molecule has 0 saturated carbocycles. The van der Waals surface area contributed by atoms with Crippen LogP contribution in [0.3, 0.4) is 0 Å². The third-order valence-electron chi connectivity index (χ3n) is 4.26. The van der Waals surface area contributed by atoms with E-state index in [-0.39, 0.29) is 17.4 Å². The maximum atomic E-state index is 12.5. The topological polar surface area (TPSA) is 83.3 Å². The number of pyridine rings is 1. The zero-order chi connectivity index (χ0) is 20.3. The lowest BCUT2D eigenvalue weighted by molar-refractivity contribution is 0.0318. The number of hydrogen-bond donors (Lipinski definition) is 0. The molecule has 0 aliphatic carbocycles. The predicted molar refractivity (Wildman–Crippen MR) is 105 cm³/mol. The summed E-state index contributed by atoms with van der Waals surface area (Å²) in [6.45, 7) is 8.00. The molecule has 0 radical (unpaired) electrons. The van der Waals surface area contributed by atoms with Crippen LogP contribution in [-0.2, 0) is 4.74 Å². The lowest BCUT2D eigenvalue weighted by Crippen LogP contribution is -2.24. The Labute approximate surface area is 163 Å². The van der Waals surface area contributed by atoms with Crippen LogP contribution >= 0.6 is 0 Å². The fourth-order valence-electron chi connectivity index (χ4n) is 2.83. The average Bonchev–Trinajstić information content (AvgIpc) is 3.11. The molecule has 0 aliphatic rings. The smallest absolute Gasteiger partial charge is 0.340 e. The molecule has 2 heterocycles. The Kier molecular flexibility index (Phi) is 5.73. The van der Waals surface area contributed by atoms with E-state index in [2.05, 4.69) is 10.1 Å². The molecule has 7 heteroatoms. The third-order valence-corrected chi connectivity index (χ3v) is 4.26. The minimum absolute atomic E-state index is 0.162. The van der Waals surface area contributed by atoms with Crippen molar-refractivity contribution in [2.24, 2.45) is 0 Å². The number of ketones is 1. The van der Waals surface area contributed by atoms with Crippen molar-refractivity contribution in [3.8, 4) is 5.75 Å². The molecule has 28 heavy (non-hydrogen) atoms. The van der Waals surface area contributed by atoms with Crippen molar-refractivity contribution in [2.45, 2.75) is 39.8 Å². The van der Waals surface area contributed by atoms with E-state index < -0.39 is 12.1 Å². The fraction of sp³-hybridized carbons (Fsp3) is 0.333. The quantitative estimate of drug-likeness (QED) is 0.457. The van der Waals surface area contributed by atoms with Gasteiger partial charge in [0.15, 0.2) is 11.8 Å². The van der Waals surface area contributed by atoms with E-state index in [4.69, 9.17) is 9.47 Å². The monoisotopic (exact) mass is 381 g/mol. The first kappa shape index (κ1) is 19.5. The van der Waals surface area contributed by atoms with Crippen molar-refractivity contribution in [3.63, 3.8) is 0 Å². The van der Waals surface area contributed by atoms with Gasteiger partial charge >= 0.3 is 5.97 Å². The van der Waals surface area contributed by atoms with Crippen LogP contribution in [-0.4, -0.2) is 39.2 Å². The summed E-state index contributed by atoms with van der Waals surface area (Å²) >= 11 is 0. The van der Waals surface area contributed by atoms with Crippen LogP contribution in [0.1, 0.15) is 54.5 Å². The predicted octanol–water partition coefficient (Wildman–Crippen LogP) is 3.84. The van der Waals surface area contributed by atoms with Crippen molar-refractivity contribution >= 4 is 22.8 Å². The second kappa shape index (κ2) is 8.21. The van der Waals surface area contributed by atoms with Crippen molar-refractivity contribution < 1.29 is 19.1 Å². The van der Waals surface area contributed by atoms with E-state index in [1.165, 1.54) is 6.20 Å². The van der Waals surface area contributed by atoms with Crippen LogP contribution in [0.15, 0.2) is 42.7 Å². The highest BCUT2D eigenvalue weighted by Gasteiger charge is 2.21. The molecule has 7 nitrogen and oxygen atoms in total. The molecule has 0 N–H and O–H groups in total. The summed E-state index contributed by atoms with van der Waals surface area (Å²) in [5.41, 5.74) is 1.43. The minimum Gasteiger partial charge on any atom is -0.494 e. The Morgan fingerprint density at radius 3 is 2.43 bits per heavy atom. The van der Waals surface area contributed by atoms with Gasteiger partial charge in [-0.3, -0.25) is 4.79 Å². The summed E-state index contributed by atoms with van der Waals surface area (Å²) in [4.78, 5) is 29.3. The molecule has 2 aromatic heterocycles. The Balaban J connectivity index is 1.71. The number of ether oxygens (including phenoxy) is 2. The van der Waals surface area contributed by atoms with Crippen LogP contribution < -0.4 is 4.74 Å². The summed E-state index contributed by atoms with van der Waals surface area (Å²) in [5, 5.41) is 5.03. The fourth-order valence-corrected chi connectivity index (χ4v) is 2.83. The number of esters is 1. The molecule has 0 unspecified atom stereocenters. The van der Waals surface area contributed by atoms with E-state index in [0.717, 1.165) is 5.39 Å². The van der Waals surface area contributed by atoms with Crippen LogP contribution in [0, 0.1) is 0 Å². The highest BCUT2D eigenvalue weighted by molar-refractivity contribution is 6.01. The van der Waals surface area contributed by atoms with Crippen LogP contribution in [0.4, 0.5) is 0 Å². The molecule has 146 valence electrons. The summed E-state index contributed by atoms with van der Waals surface area (Å²) in [6, 6.07) is 8.59. The normalized spacial score (nSPS) is 12.2. The second-order valence-corrected chi connectivity index (χ2v) is 6.69. The van der Waals surface area contributed by atoms with Crippen molar-refractivity contribution in [3.05, 3.63) is 53.9 Å². The van der Waals surface area contributed by atoms with Crippen LogP contribution in [0.5, 0.6) is 5.75 Å². The van der Waals surface area contributed by atoms with Gasteiger partial charge in [-0.2, -0.15) is 5.10 Å². The Bertz CT molecular complexity index is 993. The van der Waals surface area contributed by atoms with E-state index in [1.807, 2.05) is 20.8 Å². The molecule has 1 atom stereocenters. The Morgan fingerprint density at radius 1 is 1.07 bits per heavy atom. The molecular formula is C21H23N3O4. The van der Waals surface area contributed by atoms with Gasteiger partial charge in [-0.25, -0.2) is 14.5 Å². The van der Waals surface area contributed by atoms with Crippen molar-refractivity contribution in [1.82, 2.24) is 14.8 Å². The molecule has 0 aliphatic heterocycles. The molecule has 0 spiro atoms. The summed E-state index contributed by atoms with van der Waals surface area (Å²) in [6.07, 6.45) is 2.19. The number of nitrogens with zero attached hydrogens (tertiary/aromatic N) is 3. The molecule has 3 rings (SSSR count). The largest absolute Gasteiger partial charge is 0.494 e. The van der Waals surface area contributed by atoms with E-state index in [0.29, 0.717) is 23.6 Å². The highest BCUT2D eigenvalue weighted by atomic mass is 16.5. The summed E-state index contributed by atoms with van der Waals surface area (Å²) in [5.74, 6) is -0.193. The Morgan fingerprint density at radius 2 is 1.79 bits per heavy atom. The van der Waals surface area contributed by atoms with Gasteiger partial charge in [0, 0.05) is 23.2 Å². The standard InChI is InChI=1S/C21H23N3O4/c1-5-27-18-8-6-15(7-9-18)19(25)14(4)28-21(26)17-10-16-12-23-24(13(2)3)20(16)22-11-17/h6-14H,5H2,1-4H3/t14-/m1/s1. The van der Waals surface area contributed by atoms with Gasteiger partial charge in [0.2, 0.25) is 5.78 Å². The van der Waals surface area contributed by atoms with Crippen LogP contribution in [0.25, 0.3) is 11.0 Å². The minimum atomic E-state index is -0.917. The van der Waals surface area contributed by atoms with E-state index in [1.54, 1.807) is 48.1 Å². The van der Waals surface area contributed by atoms with Gasteiger partial charge in [0.1, 0.15) is 5.75 Å². The van der Waals surface area contributed by atoms with Gasteiger partial charge in [-0.05, 0) is 58.0 Å². The number of aromatic nitrogens is 3. The van der Waals surface area contributed by atoms with Gasteiger partial charge in [-0.1, -0.05) is 0 Å². The first-order chi connectivity index (χ1) is 13.4. The first-order valence-electron chi connectivity index (χ1n) is 9.22.